The summed E-state index contributed by atoms with van der Waals surface area (Å²) in [4.78, 5) is 0. The highest BCUT2D eigenvalue weighted by Crippen LogP contribution is 2.53. The molecule has 1 unspecified atom stereocenters. The highest BCUT2D eigenvalue weighted by molar-refractivity contribution is 5.52. The zero-order valence-corrected chi connectivity index (χ0v) is 20.6. The Balaban J connectivity index is 1.50. The summed E-state index contributed by atoms with van der Waals surface area (Å²) in [5.74, 6) is 3.68. The van der Waals surface area contributed by atoms with E-state index in [0.717, 1.165) is 34.5 Å². The first kappa shape index (κ1) is 23.8. The molecule has 0 bridgehead atoms. The standard InChI is InChI=1S/C28H39N3O2/c1-17(2)12-20-14-23(15-20)28-26(21-8-9-21)27(31-33-28)22(6-5-11-29)16-25(32)30-24-10-7-18(3)13-19(24)4/h7,10,13,17,20-23,25,30,32H,5-6,8-9,12,14-16H2,1-4H3/t20?,22-,23?,25?/m0/s1. The third kappa shape index (κ3) is 5.79. The highest BCUT2D eigenvalue weighted by atomic mass is 16.5. The molecule has 4 rings (SSSR count). The van der Waals surface area contributed by atoms with Crippen LogP contribution in [0.2, 0.25) is 0 Å². The molecule has 5 nitrogen and oxygen atoms in total. The van der Waals surface area contributed by atoms with Gasteiger partial charge in [-0.3, -0.25) is 0 Å². The predicted molar refractivity (Wildman–Crippen MR) is 131 cm³/mol. The minimum atomic E-state index is -0.707. The van der Waals surface area contributed by atoms with Gasteiger partial charge >= 0.3 is 0 Å². The van der Waals surface area contributed by atoms with E-state index in [4.69, 9.17) is 4.52 Å². The van der Waals surface area contributed by atoms with Crippen LogP contribution in [0.4, 0.5) is 5.69 Å². The summed E-state index contributed by atoms with van der Waals surface area (Å²) in [6, 6.07) is 8.47. The summed E-state index contributed by atoms with van der Waals surface area (Å²) >= 11 is 0. The number of nitrogens with zero attached hydrogens (tertiary/aromatic N) is 2. The second-order valence-electron chi connectivity index (χ2n) is 10.9. The van der Waals surface area contributed by atoms with Gasteiger partial charge < -0.3 is 14.9 Å². The molecule has 0 amide bonds. The fourth-order valence-corrected chi connectivity index (χ4v) is 5.59. The molecule has 0 radical (unpaired) electrons. The molecular weight excluding hydrogens is 410 g/mol. The predicted octanol–water partition coefficient (Wildman–Crippen LogP) is 6.92. The lowest BCUT2D eigenvalue weighted by molar-refractivity contribution is 0.178. The number of hydrogen-bond donors (Lipinski definition) is 2. The molecule has 2 atom stereocenters. The van der Waals surface area contributed by atoms with E-state index < -0.39 is 6.23 Å². The molecule has 0 aliphatic heterocycles. The number of rotatable bonds is 11. The normalized spacial score (nSPS) is 22.0. The lowest BCUT2D eigenvalue weighted by Gasteiger charge is -2.35. The van der Waals surface area contributed by atoms with Crippen LogP contribution in [0, 0.1) is 37.0 Å². The van der Waals surface area contributed by atoms with E-state index >= 15 is 0 Å². The minimum Gasteiger partial charge on any atom is -0.374 e. The van der Waals surface area contributed by atoms with Crippen molar-refractivity contribution in [1.82, 2.24) is 5.16 Å². The van der Waals surface area contributed by atoms with Gasteiger partial charge in [-0.25, -0.2) is 0 Å². The maximum Gasteiger partial charge on any atom is 0.143 e. The van der Waals surface area contributed by atoms with Gasteiger partial charge in [0.25, 0.3) is 0 Å². The van der Waals surface area contributed by atoms with Gasteiger partial charge in [-0.2, -0.15) is 5.26 Å². The van der Waals surface area contributed by atoms with Gasteiger partial charge in [-0.05, 0) is 81.8 Å². The number of nitrogens with one attached hydrogen (secondary N) is 1. The highest BCUT2D eigenvalue weighted by Gasteiger charge is 2.41. The molecule has 1 heterocycles. The van der Waals surface area contributed by atoms with E-state index in [1.165, 1.54) is 43.2 Å². The van der Waals surface area contributed by atoms with Crippen LogP contribution in [-0.4, -0.2) is 16.5 Å². The Morgan fingerprint density at radius 3 is 2.61 bits per heavy atom. The monoisotopic (exact) mass is 449 g/mol. The third-order valence-corrected chi connectivity index (χ3v) is 7.38. The topological polar surface area (TPSA) is 82.1 Å². The van der Waals surface area contributed by atoms with Gasteiger partial charge in [0, 0.05) is 35.9 Å². The van der Waals surface area contributed by atoms with Crippen molar-refractivity contribution in [3.8, 4) is 6.07 Å². The van der Waals surface area contributed by atoms with E-state index in [0.29, 0.717) is 31.1 Å². The van der Waals surface area contributed by atoms with Gasteiger partial charge in [-0.15, -0.1) is 0 Å². The lowest BCUT2D eigenvalue weighted by Crippen LogP contribution is -2.24. The first-order chi connectivity index (χ1) is 15.9. The lowest BCUT2D eigenvalue weighted by atomic mass is 9.69. The largest absolute Gasteiger partial charge is 0.374 e. The molecule has 1 aromatic heterocycles. The summed E-state index contributed by atoms with van der Waals surface area (Å²) in [6.07, 6.45) is 7.02. The smallest absolute Gasteiger partial charge is 0.143 e. The number of anilines is 1. The zero-order valence-electron chi connectivity index (χ0n) is 20.6. The Kier molecular flexibility index (Phi) is 7.44. The van der Waals surface area contributed by atoms with Crippen molar-refractivity contribution in [2.45, 2.75) is 103 Å². The van der Waals surface area contributed by atoms with Crippen LogP contribution in [0.3, 0.4) is 0 Å². The fourth-order valence-electron chi connectivity index (χ4n) is 5.59. The zero-order chi connectivity index (χ0) is 23.5. The Morgan fingerprint density at radius 2 is 1.97 bits per heavy atom. The number of aliphatic hydroxyl groups is 1. The van der Waals surface area contributed by atoms with E-state index in [2.05, 4.69) is 56.4 Å². The van der Waals surface area contributed by atoms with Crippen LogP contribution < -0.4 is 5.32 Å². The Bertz CT molecular complexity index is 980. The molecule has 2 fully saturated rings. The van der Waals surface area contributed by atoms with Crippen molar-refractivity contribution < 1.29 is 9.63 Å². The van der Waals surface area contributed by atoms with Crippen molar-refractivity contribution in [1.29, 1.82) is 5.26 Å². The van der Waals surface area contributed by atoms with E-state index in [1.54, 1.807) is 0 Å². The first-order valence-electron chi connectivity index (χ1n) is 12.7. The van der Waals surface area contributed by atoms with Gasteiger partial charge in [0.05, 0.1) is 11.8 Å². The van der Waals surface area contributed by atoms with Crippen molar-refractivity contribution in [2.24, 2.45) is 11.8 Å². The second-order valence-corrected chi connectivity index (χ2v) is 10.9. The number of aliphatic hydroxyl groups excluding tert-OH is 1. The van der Waals surface area contributed by atoms with Crippen molar-refractivity contribution in [2.75, 3.05) is 5.32 Å². The SMILES string of the molecule is Cc1ccc(NC(O)C[C@H](CCC#N)c2noc(C3CC(CC(C)C)C3)c2C2CC2)c(C)c1. The van der Waals surface area contributed by atoms with Gasteiger partial charge in [-0.1, -0.05) is 36.7 Å². The Hall–Kier alpha value is -2.32. The summed E-state index contributed by atoms with van der Waals surface area (Å²) in [6.45, 7) is 8.72. The fraction of sp³-hybridized carbons (Fsp3) is 0.643. The summed E-state index contributed by atoms with van der Waals surface area (Å²) in [5.41, 5.74) is 5.57. The Morgan fingerprint density at radius 1 is 1.21 bits per heavy atom. The van der Waals surface area contributed by atoms with Gasteiger partial charge in [0.1, 0.15) is 12.0 Å². The van der Waals surface area contributed by atoms with E-state index in [9.17, 15) is 10.4 Å². The summed E-state index contributed by atoms with van der Waals surface area (Å²) in [7, 11) is 0. The molecule has 33 heavy (non-hydrogen) atoms. The number of nitriles is 1. The van der Waals surface area contributed by atoms with Crippen LogP contribution in [-0.2, 0) is 0 Å². The molecule has 2 aliphatic carbocycles. The molecule has 5 heteroatoms. The maximum absolute atomic E-state index is 10.9. The van der Waals surface area contributed by atoms with E-state index in [-0.39, 0.29) is 5.92 Å². The third-order valence-electron chi connectivity index (χ3n) is 7.38. The van der Waals surface area contributed by atoms with Crippen LogP contribution in [0.5, 0.6) is 0 Å². The van der Waals surface area contributed by atoms with Gasteiger partial charge in [0.15, 0.2) is 0 Å². The quantitative estimate of drug-likeness (QED) is 0.364. The molecule has 0 saturated heterocycles. The van der Waals surface area contributed by atoms with Crippen molar-refractivity contribution in [3.05, 3.63) is 46.3 Å². The van der Waals surface area contributed by atoms with Crippen LogP contribution in [0.1, 0.15) is 111 Å². The molecule has 2 aliphatic rings. The van der Waals surface area contributed by atoms with Crippen molar-refractivity contribution in [3.63, 3.8) is 0 Å². The molecular formula is C28H39N3O2. The molecule has 2 aromatic rings. The average Bonchev–Trinajstić information content (AvgIpc) is 3.48. The van der Waals surface area contributed by atoms with Gasteiger partial charge in [0.2, 0.25) is 0 Å². The molecule has 2 saturated carbocycles. The van der Waals surface area contributed by atoms with Crippen LogP contribution >= 0.6 is 0 Å². The average molecular weight is 450 g/mol. The molecule has 0 spiro atoms. The maximum atomic E-state index is 10.9. The van der Waals surface area contributed by atoms with Crippen LogP contribution in [0.15, 0.2) is 22.7 Å². The molecule has 1 aromatic carbocycles. The van der Waals surface area contributed by atoms with Crippen molar-refractivity contribution >= 4 is 5.69 Å². The number of hydrogen-bond acceptors (Lipinski definition) is 5. The van der Waals surface area contributed by atoms with Crippen LogP contribution in [0.25, 0.3) is 0 Å². The van der Waals surface area contributed by atoms with E-state index in [1.807, 2.05) is 6.07 Å². The molecule has 2 N–H and O–H groups in total. The number of aromatic nitrogens is 1. The summed E-state index contributed by atoms with van der Waals surface area (Å²) in [5, 5.41) is 28.0. The number of aryl methyl sites for hydroxylation is 2. The summed E-state index contributed by atoms with van der Waals surface area (Å²) < 4.78 is 6.01. The first-order valence-corrected chi connectivity index (χ1v) is 12.7. The number of benzene rings is 1. The molecule has 178 valence electrons. The minimum absolute atomic E-state index is 0.0116. The second kappa shape index (κ2) is 10.3. The Labute approximate surface area is 198 Å².